The maximum atomic E-state index is 5.84. The molecule has 6 heteroatoms. The fourth-order valence-electron chi connectivity index (χ4n) is 1.87. The van der Waals surface area contributed by atoms with Gasteiger partial charge in [-0.15, -0.1) is 0 Å². The van der Waals surface area contributed by atoms with Gasteiger partial charge in [-0.1, -0.05) is 17.7 Å². The molecule has 0 saturated carbocycles. The summed E-state index contributed by atoms with van der Waals surface area (Å²) >= 11 is 5.84. The van der Waals surface area contributed by atoms with Crippen LogP contribution in [0.1, 0.15) is 11.1 Å². The van der Waals surface area contributed by atoms with Crippen LogP contribution >= 0.6 is 11.6 Å². The molecule has 1 heterocycles. The number of anilines is 3. The highest BCUT2D eigenvalue weighted by Gasteiger charge is 2.04. The standard InChI is InChI=1S/C14H18ClN5/c1-9-6-11(20(2)3)5-4-10(9)8-17-13-7-12(15)18-14(16)19-13/h4-7H,8H2,1-3H3,(H3,16,17,18,19). The van der Waals surface area contributed by atoms with Gasteiger partial charge in [0.05, 0.1) is 0 Å². The summed E-state index contributed by atoms with van der Waals surface area (Å²) in [6.45, 7) is 2.75. The second-order valence-corrected chi connectivity index (χ2v) is 5.18. The molecule has 0 fully saturated rings. The van der Waals surface area contributed by atoms with Crippen molar-refractivity contribution < 1.29 is 0 Å². The molecular weight excluding hydrogens is 274 g/mol. The molecule has 2 aromatic rings. The van der Waals surface area contributed by atoms with E-state index in [9.17, 15) is 0 Å². The van der Waals surface area contributed by atoms with Gasteiger partial charge in [-0.3, -0.25) is 0 Å². The van der Waals surface area contributed by atoms with Crippen LogP contribution in [-0.2, 0) is 6.54 Å². The van der Waals surface area contributed by atoms with Gasteiger partial charge in [0.1, 0.15) is 11.0 Å². The van der Waals surface area contributed by atoms with Gasteiger partial charge in [-0.05, 0) is 30.2 Å². The highest BCUT2D eigenvalue weighted by atomic mass is 35.5. The Morgan fingerprint density at radius 2 is 2.00 bits per heavy atom. The topological polar surface area (TPSA) is 67.1 Å². The number of hydrogen-bond acceptors (Lipinski definition) is 5. The summed E-state index contributed by atoms with van der Waals surface area (Å²) in [6.07, 6.45) is 0. The summed E-state index contributed by atoms with van der Waals surface area (Å²) in [4.78, 5) is 9.99. The van der Waals surface area contributed by atoms with Crippen molar-refractivity contribution in [1.82, 2.24) is 9.97 Å². The first-order chi connectivity index (χ1) is 9.45. The summed E-state index contributed by atoms with van der Waals surface area (Å²) in [5.74, 6) is 0.790. The molecule has 1 aromatic carbocycles. The van der Waals surface area contributed by atoms with Crippen LogP contribution in [0.5, 0.6) is 0 Å². The molecule has 20 heavy (non-hydrogen) atoms. The normalized spacial score (nSPS) is 10.4. The molecule has 1 aromatic heterocycles. The third-order valence-corrected chi connectivity index (χ3v) is 3.21. The SMILES string of the molecule is Cc1cc(N(C)C)ccc1CNc1cc(Cl)nc(N)n1. The zero-order valence-electron chi connectivity index (χ0n) is 11.8. The third kappa shape index (κ3) is 3.51. The number of aryl methyl sites for hydroxylation is 1. The highest BCUT2D eigenvalue weighted by molar-refractivity contribution is 6.29. The maximum Gasteiger partial charge on any atom is 0.223 e. The van der Waals surface area contributed by atoms with Crippen LogP contribution in [0.3, 0.4) is 0 Å². The number of nitrogens with one attached hydrogen (secondary N) is 1. The average molecular weight is 292 g/mol. The summed E-state index contributed by atoms with van der Waals surface area (Å²) in [5, 5.41) is 3.54. The van der Waals surface area contributed by atoms with Crippen LogP contribution in [0.25, 0.3) is 0 Å². The number of halogens is 1. The predicted molar refractivity (Wildman–Crippen MR) is 84.3 cm³/mol. The fourth-order valence-corrected chi connectivity index (χ4v) is 2.06. The molecule has 3 N–H and O–H groups in total. The number of nitrogens with zero attached hydrogens (tertiary/aromatic N) is 3. The van der Waals surface area contributed by atoms with Crippen molar-refractivity contribution in [1.29, 1.82) is 0 Å². The quantitative estimate of drug-likeness (QED) is 0.848. The maximum absolute atomic E-state index is 5.84. The molecule has 106 valence electrons. The number of nitrogens with two attached hydrogens (primary N) is 1. The van der Waals surface area contributed by atoms with E-state index >= 15 is 0 Å². The van der Waals surface area contributed by atoms with Crippen LogP contribution in [0, 0.1) is 6.92 Å². The van der Waals surface area contributed by atoms with Crippen molar-refractivity contribution >= 4 is 29.1 Å². The number of benzene rings is 1. The first-order valence-corrected chi connectivity index (χ1v) is 6.64. The second-order valence-electron chi connectivity index (χ2n) is 4.79. The van der Waals surface area contributed by atoms with Gasteiger partial charge in [-0.2, -0.15) is 4.98 Å². The lowest BCUT2D eigenvalue weighted by Crippen LogP contribution is -2.10. The molecule has 0 aliphatic carbocycles. The Balaban J connectivity index is 2.11. The molecule has 0 unspecified atom stereocenters. The average Bonchev–Trinajstić information content (AvgIpc) is 2.36. The lowest BCUT2D eigenvalue weighted by molar-refractivity contribution is 1.06. The minimum atomic E-state index is 0.166. The number of rotatable bonds is 4. The smallest absolute Gasteiger partial charge is 0.223 e. The van der Waals surface area contributed by atoms with Gasteiger partial charge < -0.3 is 16.0 Å². The van der Waals surface area contributed by atoms with Crippen molar-refractivity contribution in [3.8, 4) is 0 Å². The summed E-state index contributed by atoms with van der Waals surface area (Å²) in [7, 11) is 4.05. The van der Waals surface area contributed by atoms with Crippen LogP contribution in [0.4, 0.5) is 17.5 Å². The lowest BCUT2D eigenvalue weighted by atomic mass is 10.1. The van der Waals surface area contributed by atoms with Gasteiger partial charge in [0, 0.05) is 32.4 Å². The van der Waals surface area contributed by atoms with Gasteiger partial charge in [0.2, 0.25) is 5.95 Å². The van der Waals surface area contributed by atoms with Gasteiger partial charge in [0.15, 0.2) is 0 Å². The van der Waals surface area contributed by atoms with Crippen LogP contribution in [-0.4, -0.2) is 24.1 Å². The molecule has 0 bridgehead atoms. The predicted octanol–water partition coefficient (Wildman–Crippen LogP) is 2.70. The Bertz CT molecular complexity index is 592. The van der Waals surface area contributed by atoms with Gasteiger partial charge in [-0.25, -0.2) is 4.98 Å². The van der Waals surface area contributed by atoms with Crippen LogP contribution in [0.2, 0.25) is 5.15 Å². The Kier molecular flexibility index (Phi) is 4.29. The van der Waals surface area contributed by atoms with E-state index in [0.717, 1.165) is 0 Å². The number of nitrogen functional groups attached to an aromatic ring is 1. The van der Waals surface area contributed by atoms with E-state index in [1.807, 2.05) is 14.1 Å². The van der Waals surface area contributed by atoms with Crippen molar-refractivity contribution in [2.24, 2.45) is 0 Å². The number of hydrogen-bond donors (Lipinski definition) is 2. The zero-order valence-corrected chi connectivity index (χ0v) is 12.6. The molecule has 0 saturated heterocycles. The van der Waals surface area contributed by atoms with E-state index < -0.39 is 0 Å². The Morgan fingerprint density at radius 1 is 1.25 bits per heavy atom. The first kappa shape index (κ1) is 14.4. The molecule has 0 atom stereocenters. The first-order valence-electron chi connectivity index (χ1n) is 6.26. The summed E-state index contributed by atoms with van der Waals surface area (Å²) in [5.41, 5.74) is 9.16. The monoisotopic (exact) mass is 291 g/mol. The Morgan fingerprint density at radius 3 is 2.60 bits per heavy atom. The lowest BCUT2D eigenvalue weighted by Gasteiger charge is -2.15. The second kappa shape index (κ2) is 5.96. The minimum absolute atomic E-state index is 0.166. The molecular formula is C14H18ClN5. The van der Waals surface area contributed by atoms with E-state index in [2.05, 4.69) is 45.3 Å². The summed E-state index contributed by atoms with van der Waals surface area (Å²) in [6, 6.07) is 7.99. The molecule has 5 nitrogen and oxygen atoms in total. The molecule has 2 rings (SSSR count). The van der Waals surface area contributed by atoms with E-state index in [4.69, 9.17) is 17.3 Å². The van der Waals surface area contributed by atoms with Crippen molar-refractivity contribution in [3.63, 3.8) is 0 Å². The molecule has 0 aliphatic heterocycles. The van der Waals surface area contributed by atoms with E-state index in [1.165, 1.54) is 16.8 Å². The van der Waals surface area contributed by atoms with E-state index in [-0.39, 0.29) is 5.95 Å². The molecule has 0 amide bonds. The van der Waals surface area contributed by atoms with Crippen molar-refractivity contribution in [2.45, 2.75) is 13.5 Å². The molecule has 0 aliphatic rings. The van der Waals surface area contributed by atoms with E-state index in [0.29, 0.717) is 17.5 Å². The van der Waals surface area contributed by atoms with Gasteiger partial charge in [0.25, 0.3) is 0 Å². The Labute approximate surface area is 123 Å². The largest absolute Gasteiger partial charge is 0.378 e. The minimum Gasteiger partial charge on any atom is -0.378 e. The third-order valence-electron chi connectivity index (χ3n) is 3.01. The fraction of sp³-hybridized carbons (Fsp3) is 0.286. The molecule has 0 radical (unpaired) electrons. The van der Waals surface area contributed by atoms with Crippen LogP contribution in [0.15, 0.2) is 24.3 Å². The molecule has 0 spiro atoms. The zero-order chi connectivity index (χ0) is 14.7. The number of aromatic nitrogens is 2. The van der Waals surface area contributed by atoms with Crippen molar-refractivity contribution in [2.75, 3.05) is 30.0 Å². The van der Waals surface area contributed by atoms with Gasteiger partial charge >= 0.3 is 0 Å². The van der Waals surface area contributed by atoms with E-state index in [1.54, 1.807) is 6.07 Å². The Hall–Kier alpha value is -2.01. The van der Waals surface area contributed by atoms with Crippen LogP contribution < -0.4 is 16.0 Å². The highest BCUT2D eigenvalue weighted by Crippen LogP contribution is 2.19. The van der Waals surface area contributed by atoms with Crippen molar-refractivity contribution in [3.05, 3.63) is 40.5 Å². The summed E-state index contributed by atoms with van der Waals surface area (Å²) < 4.78 is 0.